The molecule has 0 atom stereocenters. The molecule has 2 aromatic heterocycles. The number of aromatic nitrogens is 4. The average molecular weight is 239 g/mol. The Morgan fingerprint density at radius 1 is 1.31 bits per heavy atom. The molecular weight excluding hydrogens is 226 g/mol. The molecule has 86 valence electrons. The van der Waals surface area contributed by atoms with Crippen LogP contribution in [0.1, 0.15) is 25.4 Å². The first-order valence-corrected chi connectivity index (χ1v) is 5.79. The lowest BCUT2D eigenvalue weighted by atomic mass is 10.4. The second kappa shape index (κ2) is 4.67. The molecule has 0 aliphatic heterocycles. The molecule has 0 amide bonds. The summed E-state index contributed by atoms with van der Waals surface area (Å²) in [5.74, 6) is 1.07. The van der Waals surface area contributed by atoms with Crippen molar-refractivity contribution in [2.45, 2.75) is 33.4 Å². The fourth-order valence-corrected chi connectivity index (χ4v) is 1.71. The van der Waals surface area contributed by atoms with Gasteiger partial charge in [0.25, 0.3) is 5.89 Å². The van der Waals surface area contributed by atoms with Gasteiger partial charge in [-0.3, -0.25) is 0 Å². The highest BCUT2D eigenvalue weighted by Gasteiger charge is 2.14. The van der Waals surface area contributed by atoms with Crippen molar-refractivity contribution in [3.05, 3.63) is 11.6 Å². The van der Waals surface area contributed by atoms with E-state index < -0.39 is 0 Å². The van der Waals surface area contributed by atoms with Crippen LogP contribution in [0.15, 0.2) is 4.42 Å². The van der Waals surface area contributed by atoms with Gasteiger partial charge in [0.15, 0.2) is 0 Å². The van der Waals surface area contributed by atoms with Crippen LogP contribution in [0.2, 0.25) is 0 Å². The third-order valence-corrected chi connectivity index (χ3v) is 2.79. The molecule has 2 aromatic rings. The Kier molecular flexibility index (Phi) is 3.25. The molecule has 16 heavy (non-hydrogen) atoms. The first-order valence-electron chi connectivity index (χ1n) is 5.02. The van der Waals surface area contributed by atoms with Crippen LogP contribution in [0.3, 0.4) is 0 Å². The van der Waals surface area contributed by atoms with E-state index in [0.29, 0.717) is 24.4 Å². The summed E-state index contributed by atoms with van der Waals surface area (Å²) in [6.07, 6.45) is 0. The van der Waals surface area contributed by atoms with E-state index in [1.165, 1.54) is 11.5 Å². The number of hydrogen-bond donors (Lipinski definition) is 1. The lowest BCUT2D eigenvalue weighted by molar-refractivity contribution is 0.459. The largest absolute Gasteiger partial charge is 0.418 e. The zero-order chi connectivity index (χ0) is 11.5. The predicted octanol–water partition coefficient (Wildman–Crippen LogP) is 1.39. The molecule has 0 saturated heterocycles. The van der Waals surface area contributed by atoms with E-state index in [1.54, 1.807) is 0 Å². The van der Waals surface area contributed by atoms with Gasteiger partial charge in [-0.2, -0.15) is 0 Å². The second-order valence-electron chi connectivity index (χ2n) is 3.72. The Morgan fingerprint density at radius 3 is 2.75 bits per heavy atom. The molecule has 1 N–H and O–H groups in total. The SMILES string of the molecule is Cc1nnsc1-c1nnc(CNC(C)C)o1. The highest BCUT2D eigenvalue weighted by Crippen LogP contribution is 2.23. The maximum atomic E-state index is 5.50. The van der Waals surface area contributed by atoms with Crippen LogP contribution in [-0.4, -0.2) is 25.8 Å². The summed E-state index contributed by atoms with van der Waals surface area (Å²) in [4.78, 5) is 0.836. The van der Waals surface area contributed by atoms with Gasteiger partial charge in [0.05, 0.1) is 12.2 Å². The molecule has 0 spiro atoms. The van der Waals surface area contributed by atoms with Crippen LogP contribution in [0, 0.1) is 6.92 Å². The highest BCUT2D eigenvalue weighted by molar-refractivity contribution is 7.09. The summed E-state index contributed by atoms with van der Waals surface area (Å²) < 4.78 is 9.33. The highest BCUT2D eigenvalue weighted by atomic mass is 32.1. The van der Waals surface area contributed by atoms with Crippen molar-refractivity contribution in [3.8, 4) is 10.8 Å². The number of aryl methyl sites for hydroxylation is 1. The third kappa shape index (κ3) is 2.42. The monoisotopic (exact) mass is 239 g/mol. The van der Waals surface area contributed by atoms with Gasteiger partial charge in [0.1, 0.15) is 4.88 Å². The van der Waals surface area contributed by atoms with E-state index in [2.05, 4.69) is 38.9 Å². The third-order valence-electron chi connectivity index (χ3n) is 1.97. The van der Waals surface area contributed by atoms with E-state index in [0.717, 1.165) is 10.6 Å². The van der Waals surface area contributed by atoms with Gasteiger partial charge >= 0.3 is 0 Å². The van der Waals surface area contributed by atoms with Crippen molar-refractivity contribution >= 4 is 11.5 Å². The molecular formula is C9H13N5OS. The molecule has 0 aliphatic rings. The van der Waals surface area contributed by atoms with Crippen molar-refractivity contribution in [1.29, 1.82) is 0 Å². The summed E-state index contributed by atoms with van der Waals surface area (Å²) in [5, 5.41) is 15.0. The maximum Gasteiger partial charge on any atom is 0.261 e. The van der Waals surface area contributed by atoms with Gasteiger partial charge in [-0.05, 0) is 18.5 Å². The fourth-order valence-electron chi connectivity index (χ4n) is 1.14. The van der Waals surface area contributed by atoms with E-state index in [1.807, 2.05) is 6.92 Å². The standard InChI is InChI=1S/C9H13N5OS/c1-5(2)10-4-7-12-13-9(15-7)8-6(3)11-14-16-8/h5,10H,4H2,1-3H3. The minimum atomic E-state index is 0.391. The summed E-state index contributed by atoms with van der Waals surface area (Å²) in [5.41, 5.74) is 0.817. The molecule has 0 fully saturated rings. The smallest absolute Gasteiger partial charge is 0.261 e. The summed E-state index contributed by atoms with van der Waals surface area (Å²) >= 11 is 1.26. The second-order valence-corrected chi connectivity index (χ2v) is 4.48. The predicted molar refractivity (Wildman–Crippen MR) is 59.9 cm³/mol. The molecule has 0 aromatic carbocycles. The maximum absolute atomic E-state index is 5.50. The number of nitrogens with one attached hydrogen (secondary N) is 1. The van der Waals surface area contributed by atoms with Crippen LogP contribution in [0.5, 0.6) is 0 Å². The topological polar surface area (TPSA) is 76.7 Å². The van der Waals surface area contributed by atoms with Crippen LogP contribution >= 0.6 is 11.5 Å². The quantitative estimate of drug-likeness (QED) is 0.869. The number of hydrogen-bond acceptors (Lipinski definition) is 7. The van der Waals surface area contributed by atoms with E-state index in [4.69, 9.17) is 4.42 Å². The first-order chi connectivity index (χ1) is 7.66. The van der Waals surface area contributed by atoms with Crippen molar-refractivity contribution in [3.63, 3.8) is 0 Å². The molecule has 0 saturated carbocycles. The zero-order valence-corrected chi connectivity index (χ0v) is 10.2. The minimum absolute atomic E-state index is 0.391. The van der Waals surface area contributed by atoms with E-state index >= 15 is 0 Å². The van der Waals surface area contributed by atoms with Gasteiger partial charge in [-0.1, -0.05) is 18.3 Å². The molecule has 6 nitrogen and oxygen atoms in total. The Balaban J connectivity index is 2.11. The Labute approximate surface area is 97.3 Å². The van der Waals surface area contributed by atoms with Crippen LogP contribution in [-0.2, 0) is 6.54 Å². The van der Waals surface area contributed by atoms with Crippen LogP contribution in [0.25, 0.3) is 10.8 Å². The van der Waals surface area contributed by atoms with E-state index in [9.17, 15) is 0 Å². The van der Waals surface area contributed by atoms with Crippen LogP contribution < -0.4 is 5.32 Å². The summed E-state index contributed by atoms with van der Waals surface area (Å²) in [7, 11) is 0. The van der Waals surface area contributed by atoms with Crippen molar-refractivity contribution in [2.75, 3.05) is 0 Å². The van der Waals surface area contributed by atoms with Gasteiger partial charge in [0.2, 0.25) is 5.89 Å². The molecule has 2 heterocycles. The summed E-state index contributed by atoms with van der Waals surface area (Å²) in [6, 6.07) is 0.391. The molecule has 0 bridgehead atoms. The van der Waals surface area contributed by atoms with Gasteiger partial charge in [0, 0.05) is 6.04 Å². The van der Waals surface area contributed by atoms with Crippen molar-refractivity contribution in [2.24, 2.45) is 0 Å². The zero-order valence-electron chi connectivity index (χ0n) is 9.39. The Morgan fingerprint density at radius 2 is 2.12 bits per heavy atom. The Hall–Kier alpha value is -1.34. The van der Waals surface area contributed by atoms with Crippen molar-refractivity contribution < 1.29 is 4.42 Å². The molecule has 0 aliphatic carbocycles. The number of rotatable bonds is 4. The molecule has 7 heteroatoms. The lowest BCUT2D eigenvalue weighted by Gasteiger charge is -2.03. The molecule has 2 rings (SSSR count). The van der Waals surface area contributed by atoms with Gasteiger partial charge < -0.3 is 9.73 Å². The summed E-state index contributed by atoms with van der Waals surface area (Å²) in [6.45, 7) is 6.58. The fraction of sp³-hybridized carbons (Fsp3) is 0.556. The minimum Gasteiger partial charge on any atom is -0.418 e. The Bertz CT molecular complexity index is 464. The lowest BCUT2D eigenvalue weighted by Crippen LogP contribution is -2.21. The molecule has 0 unspecified atom stereocenters. The molecule has 0 radical (unpaired) electrons. The van der Waals surface area contributed by atoms with Crippen molar-refractivity contribution in [1.82, 2.24) is 25.1 Å². The number of nitrogens with zero attached hydrogens (tertiary/aromatic N) is 4. The van der Waals surface area contributed by atoms with Gasteiger partial charge in [-0.25, -0.2) is 0 Å². The van der Waals surface area contributed by atoms with E-state index in [-0.39, 0.29) is 0 Å². The normalized spacial score (nSPS) is 11.2. The van der Waals surface area contributed by atoms with Crippen LogP contribution in [0.4, 0.5) is 0 Å². The van der Waals surface area contributed by atoms with Gasteiger partial charge in [-0.15, -0.1) is 15.3 Å². The first kappa shape index (κ1) is 11.2. The average Bonchev–Trinajstić information content (AvgIpc) is 2.83.